The third-order valence-electron chi connectivity index (χ3n) is 8.96. The predicted octanol–water partition coefficient (Wildman–Crippen LogP) is 1.14. The summed E-state index contributed by atoms with van der Waals surface area (Å²) in [6, 6.07) is 2.21. The zero-order valence-electron chi connectivity index (χ0n) is 24.4. The summed E-state index contributed by atoms with van der Waals surface area (Å²) in [5.74, 6) is -3.97. The summed E-state index contributed by atoms with van der Waals surface area (Å²) in [6.07, 6.45) is 0.693. The van der Waals surface area contributed by atoms with Crippen molar-refractivity contribution in [3.05, 3.63) is 75.6 Å². The Morgan fingerprint density at radius 3 is 2.49 bits per heavy atom. The van der Waals surface area contributed by atoms with E-state index in [0.29, 0.717) is 5.56 Å². The number of carbonyl (C=O) groups excluding carboxylic acids is 3. The van der Waals surface area contributed by atoms with Gasteiger partial charge in [-0.1, -0.05) is 12.1 Å². The van der Waals surface area contributed by atoms with E-state index in [1.54, 1.807) is 31.2 Å². The van der Waals surface area contributed by atoms with Crippen LogP contribution in [0.15, 0.2) is 36.6 Å². The van der Waals surface area contributed by atoms with Crippen molar-refractivity contribution in [2.45, 2.75) is 68.5 Å². The number of fused-ring (bicyclic) bond motifs is 3. The maximum Gasteiger partial charge on any atom is 0.202 e. The molecule has 2 aromatic carbocycles. The fourth-order valence-corrected chi connectivity index (χ4v) is 6.65. The standard InChI is InChI=1S/C32H33NO12/c1-13-26(36)17(33)9-21(44-13)45-19-11-32(41,20(35)12-34)10-16-22(19)29(39)25-24(28(16)38)27(37)15-7-6-14(18-5-3-4-8-43-18)31(42-2)23(15)30(25)40/h3-8,13,17-19,21,26,34,36,38-39,41H,9-12,33H2,1-2H3/t13-,17-,18?,19-,21-,26+,32-/m0/s1. The van der Waals surface area contributed by atoms with Crippen LogP contribution >= 0.6 is 0 Å². The van der Waals surface area contributed by atoms with Gasteiger partial charge in [0, 0.05) is 47.6 Å². The number of phenolic OH excluding ortho intramolecular Hbond substituents is 2. The first-order valence-electron chi connectivity index (χ1n) is 14.4. The van der Waals surface area contributed by atoms with Gasteiger partial charge in [0.25, 0.3) is 0 Å². The van der Waals surface area contributed by atoms with Crippen molar-refractivity contribution in [2.75, 3.05) is 13.7 Å². The van der Waals surface area contributed by atoms with Crippen molar-refractivity contribution >= 4 is 17.3 Å². The quantitative estimate of drug-likeness (QED) is 0.213. The second kappa shape index (κ2) is 11.4. The minimum Gasteiger partial charge on any atom is -0.507 e. The van der Waals surface area contributed by atoms with Gasteiger partial charge in [0.1, 0.15) is 35.6 Å². The third-order valence-corrected chi connectivity index (χ3v) is 8.96. The average molecular weight is 624 g/mol. The van der Waals surface area contributed by atoms with Crippen LogP contribution in [0.4, 0.5) is 0 Å². The fourth-order valence-electron chi connectivity index (χ4n) is 6.65. The van der Waals surface area contributed by atoms with Gasteiger partial charge in [0.15, 0.2) is 17.9 Å². The van der Waals surface area contributed by atoms with Crippen LogP contribution in [-0.4, -0.2) is 86.7 Å². The number of aliphatic hydroxyl groups is 3. The van der Waals surface area contributed by atoms with E-state index in [1.165, 1.54) is 19.4 Å². The lowest BCUT2D eigenvalue weighted by atomic mass is 9.71. The monoisotopic (exact) mass is 623 g/mol. The van der Waals surface area contributed by atoms with Gasteiger partial charge in [-0.25, -0.2) is 0 Å². The van der Waals surface area contributed by atoms with Crippen molar-refractivity contribution in [1.29, 1.82) is 0 Å². The molecule has 2 aliphatic heterocycles. The summed E-state index contributed by atoms with van der Waals surface area (Å²) in [7, 11) is 1.33. The highest BCUT2D eigenvalue weighted by Gasteiger charge is 2.50. The Bertz CT molecular complexity index is 1650. The van der Waals surface area contributed by atoms with Gasteiger partial charge in [0.05, 0.1) is 48.4 Å². The Morgan fingerprint density at radius 2 is 1.84 bits per heavy atom. The summed E-state index contributed by atoms with van der Waals surface area (Å²) in [5.41, 5.74) is 2.63. The fraction of sp³-hybridized carbons (Fsp3) is 0.406. The number of benzene rings is 2. The number of nitrogens with two attached hydrogens (primary N) is 1. The third kappa shape index (κ3) is 4.83. The molecule has 0 aromatic heterocycles. The van der Waals surface area contributed by atoms with Gasteiger partial charge >= 0.3 is 0 Å². The highest BCUT2D eigenvalue weighted by atomic mass is 16.7. The molecule has 2 aromatic rings. The molecule has 1 unspecified atom stereocenters. The molecule has 0 spiro atoms. The highest BCUT2D eigenvalue weighted by Crippen LogP contribution is 2.53. The molecule has 0 amide bonds. The molecule has 0 saturated carbocycles. The van der Waals surface area contributed by atoms with Crippen LogP contribution in [0.2, 0.25) is 0 Å². The van der Waals surface area contributed by atoms with E-state index in [9.17, 15) is 39.9 Å². The first kappa shape index (κ1) is 30.9. The summed E-state index contributed by atoms with van der Waals surface area (Å²) in [4.78, 5) is 40.9. The number of ketones is 3. The summed E-state index contributed by atoms with van der Waals surface area (Å²) < 4.78 is 23.1. The van der Waals surface area contributed by atoms with E-state index < -0.39 is 102 Å². The number of methoxy groups -OCH3 is 1. The van der Waals surface area contributed by atoms with Gasteiger partial charge in [-0.05, 0) is 25.1 Å². The van der Waals surface area contributed by atoms with Crippen LogP contribution in [0.3, 0.4) is 0 Å². The smallest absolute Gasteiger partial charge is 0.202 e. The van der Waals surface area contributed by atoms with E-state index in [0.717, 1.165) is 0 Å². The molecule has 238 valence electrons. The van der Waals surface area contributed by atoms with Crippen molar-refractivity contribution in [3.63, 3.8) is 0 Å². The SMILES string of the molecule is COc1c(C2C=CC=CO2)ccc2c1C(=O)c1c(O)c3c(c(O)c1C2=O)C[C@@](O)(C(=O)CO)C[C@@H]3O[C@H]1C[C@H](N)[C@H](O)[C@H](C)O1. The Hall–Kier alpha value is -4.11. The van der Waals surface area contributed by atoms with Crippen molar-refractivity contribution < 1.29 is 58.9 Å². The minimum atomic E-state index is -2.27. The van der Waals surface area contributed by atoms with Crippen LogP contribution in [0.25, 0.3) is 0 Å². The molecule has 1 saturated heterocycles. The number of aliphatic hydroxyl groups excluding tert-OH is 2. The number of carbonyl (C=O) groups is 3. The first-order valence-corrected chi connectivity index (χ1v) is 14.4. The Morgan fingerprint density at radius 1 is 1.11 bits per heavy atom. The van der Waals surface area contributed by atoms with Crippen molar-refractivity contribution in [1.82, 2.24) is 0 Å². The average Bonchev–Trinajstić information content (AvgIpc) is 3.03. The zero-order chi connectivity index (χ0) is 32.4. The van der Waals surface area contributed by atoms with Gasteiger partial charge < -0.3 is 50.2 Å². The Labute approximate surface area is 257 Å². The number of ether oxygens (including phenoxy) is 4. The predicted molar refractivity (Wildman–Crippen MR) is 154 cm³/mol. The number of hydrogen-bond acceptors (Lipinski definition) is 13. The first-order chi connectivity index (χ1) is 21.4. The topological polar surface area (TPSA) is 215 Å². The molecule has 45 heavy (non-hydrogen) atoms. The lowest BCUT2D eigenvalue weighted by molar-refractivity contribution is -0.247. The van der Waals surface area contributed by atoms with Crippen molar-refractivity contribution in [3.8, 4) is 17.2 Å². The van der Waals surface area contributed by atoms with Crippen LogP contribution in [0.1, 0.15) is 80.5 Å². The number of Topliss-reactive ketones (excluding diaryl/α,β-unsaturated/α-hetero) is 1. The zero-order valence-corrected chi connectivity index (χ0v) is 24.4. The number of aromatic hydroxyl groups is 2. The van der Waals surface area contributed by atoms with Gasteiger partial charge in [-0.15, -0.1) is 0 Å². The summed E-state index contributed by atoms with van der Waals surface area (Å²) in [6.45, 7) is 0.543. The molecule has 13 nitrogen and oxygen atoms in total. The normalized spacial score (nSPS) is 30.3. The molecule has 2 aliphatic carbocycles. The molecule has 2 heterocycles. The molecule has 4 aliphatic rings. The lowest BCUT2D eigenvalue weighted by Gasteiger charge is -2.42. The van der Waals surface area contributed by atoms with Crippen LogP contribution < -0.4 is 10.5 Å². The maximum atomic E-state index is 14.2. The second-order valence-corrected chi connectivity index (χ2v) is 11.7. The van der Waals surface area contributed by atoms with Crippen molar-refractivity contribution in [2.24, 2.45) is 5.73 Å². The largest absolute Gasteiger partial charge is 0.507 e. The lowest BCUT2D eigenvalue weighted by Crippen LogP contribution is -2.53. The minimum absolute atomic E-state index is 0.000953. The number of hydrogen-bond donors (Lipinski definition) is 6. The van der Waals surface area contributed by atoms with Gasteiger partial charge in [0.2, 0.25) is 5.78 Å². The van der Waals surface area contributed by atoms with Crippen LogP contribution in [-0.2, 0) is 25.4 Å². The molecule has 1 fully saturated rings. The molecule has 7 atom stereocenters. The molecule has 7 N–H and O–H groups in total. The van der Waals surface area contributed by atoms with Crippen LogP contribution in [0, 0.1) is 0 Å². The van der Waals surface area contributed by atoms with Gasteiger partial charge in [-0.3, -0.25) is 14.4 Å². The summed E-state index contributed by atoms with van der Waals surface area (Å²) >= 11 is 0. The highest BCUT2D eigenvalue weighted by molar-refractivity contribution is 6.31. The van der Waals surface area contributed by atoms with Crippen LogP contribution in [0.5, 0.6) is 17.2 Å². The van der Waals surface area contributed by atoms with E-state index in [-0.39, 0.29) is 34.4 Å². The van der Waals surface area contributed by atoms with E-state index >= 15 is 0 Å². The number of phenols is 2. The second-order valence-electron chi connectivity index (χ2n) is 11.7. The van der Waals surface area contributed by atoms with E-state index in [1.807, 2.05) is 0 Å². The molecular formula is C32H33NO12. The molecule has 0 radical (unpaired) electrons. The Kier molecular flexibility index (Phi) is 7.80. The van der Waals surface area contributed by atoms with E-state index in [4.69, 9.17) is 24.7 Å². The molecular weight excluding hydrogens is 590 g/mol. The molecule has 13 heteroatoms. The maximum absolute atomic E-state index is 14.2. The van der Waals surface area contributed by atoms with Gasteiger partial charge in [-0.2, -0.15) is 0 Å². The summed E-state index contributed by atoms with van der Waals surface area (Å²) in [5, 5.41) is 54.5. The Balaban J connectivity index is 1.51. The number of rotatable bonds is 6. The molecule has 6 rings (SSSR count). The van der Waals surface area contributed by atoms with E-state index in [2.05, 4.69) is 0 Å². The molecule has 0 bridgehead atoms. The number of allylic oxidation sites excluding steroid dienone is 2.